The second-order valence-corrected chi connectivity index (χ2v) is 4.31. The van der Waals surface area contributed by atoms with E-state index in [1.54, 1.807) is 17.1 Å². The van der Waals surface area contributed by atoms with Gasteiger partial charge < -0.3 is 5.73 Å². The molecule has 0 bridgehead atoms. The lowest BCUT2D eigenvalue weighted by molar-refractivity contribution is 0.882. The number of aromatic nitrogens is 5. The predicted octanol–water partition coefficient (Wildman–Crippen LogP) is 1.88. The zero-order valence-electron chi connectivity index (χ0n) is 9.91. The Morgan fingerprint density at radius 1 is 1.21 bits per heavy atom. The average molecular weight is 250 g/mol. The highest BCUT2D eigenvalue weighted by molar-refractivity contribution is 6.07. The molecule has 19 heavy (non-hydrogen) atoms. The van der Waals surface area contributed by atoms with Gasteiger partial charge in [0.25, 0.3) is 0 Å². The van der Waals surface area contributed by atoms with Crippen molar-refractivity contribution in [3.05, 3.63) is 42.9 Å². The van der Waals surface area contributed by atoms with Crippen LogP contribution in [-0.2, 0) is 0 Å². The van der Waals surface area contributed by atoms with E-state index in [1.165, 1.54) is 0 Å². The molecule has 6 nitrogen and oxygen atoms in total. The molecule has 92 valence electrons. The minimum atomic E-state index is 0.480. The summed E-state index contributed by atoms with van der Waals surface area (Å²) in [5.41, 5.74) is 8.62. The fourth-order valence-corrected chi connectivity index (χ4v) is 2.26. The van der Waals surface area contributed by atoms with Crippen molar-refractivity contribution in [3.63, 3.8) is 0 Å². The number of benzene rings is 1. The maximum atomic E-state index is 5.94. The zero-order valence-corrected chi connectivity index (χ0v) is 9.91. The van der Waals surface area contributed by atoms with E-state index in [0.29, 0.717) is 5.82 Å². The molecular formula is C13H10N6. The van der Waals surface area contributed by atoms with Gasteiger partial charge in [-0.1, -0.05) is 0 Å². The van der Waals surface area contributed by atoms with Crippen LogP contribution in [-0.4, -0.2) is 25.0 Å². The van der Waals surface area contributed by atoms with E-state index in [9.17, 15) is 0 Å². The monoisotopic (exact) mass is 250 g/mol. The molecule has 0 atom stereocenters. The third-order valence-corrected chi connectivity index (χ3v) is 3.18. The third-order valence-electron chi connectivity index (χ3n) is 3.18. The van der Waals surface area contributed by atoms with Gasteiger partial charge in [0.15, 0.2) is 0 Å². The molecule has 4 aromatic rings. The van der Waals surface area contributed by atoms with Crippen LogP contribution in [0.1, 0.15) is 0 Å². The number of pyridine rings is 1. The number of aromatic amines is 1. The number of hydrogen-bond acceptors (Lipinski definition) is 4. The molecule has 0 saturated heterocycles. The Balaban J connectivity index is 2.07. The number of hydrogen-bond donors (Lipinski definition) is 2. The predicted molar refractivity (Wildman–Crippen MR) is 72.9 cm³/mol. The molecule has 3 N–H and O–H groups in total. The molecule has 4 rings (SSSR count). The molecule has 0 aliphatic rings. The van der Waals surface area contributed by atoms with E-state index in [2.05, 4.69) is 20.3 Å². The lowest BCUT2D eigenvalue weighted by atomic mass is 10.1. The Bertz CT molecular complexity index is 875. The van der Waals surface area contributed by atoms with E-state index >= 15 is 0 Å². The summed E-state index contributed by atoms with van der Waals surface area (Å²) in [7, 11) is 0. The molecule has 6 heteroatoms. The molecule has 0 radical (unpaired) electrons. The van der Waals surface area contributed by atoms with Gasteiger partial charge in [0.2, 0.25) is 0 Å². The Morgan fingerprint density at radius 2 is 2.16 bits per heavy atom. The number of H-pyrrole nitrogens is 1. The minimum absolute atomic E-state index is 0.480. The van der Waals surface area contributed by atoms with Crippen molar-refractivity contribution >= 4 is 27.6 Å². The number of nitrogens with one attached hydrogen (secondary N) is 1. The van der Waals surface area contributed by atoms with Gasteiger partial charge in [-0.25, -0.2) is 9.67 Å². The van der Waals surface area contributed by atoms with Crippen molar-refractivity contribution in [2.45, 2.75) is 0 Å². The summed E-state index contributed by atoms with van der Waals surface area (Å²) in [5.74, 6) is 0.480. The fourth-order valence-electron chi connectivity index (χ4n) is 2.26. The quantitative estimate of drug-likeness (QED) is 0.540. The molecule has 0 aliphatic heterocycles. The van der Waals surface area contributed by atoms with Crippen molar-refractivity contribution in [2.75, 3.05) is 5.73 Å². The first-order valence-corrected chi connectivity index (χ1v) is 5.85. The molecule has 0 fully saturated rings. The molecule has 1 aromatic carbocycles. The van der Waals surface area contributed by atoms with Crippen LogP contribution in [0, 0.1) is 0 Å². The minimum Gasteiger partial charge on any atom is -0.383 e. The van der Waals surface area contributed by atoms with E-state index < -0.39 is 0 Å². The summed E-state index contributed by atoms with van der Waals surface area (Å²) >= 11 is 0. The first-order valence-electron chi connectivity index (χ1n) is 5.85. The number of nitrogens with two attached hydrogens (primary N) is 1. The maximum absolute atomic E-state index is 5.94. The number of nitrogens with zero attached hydrogens (tertiary/aromatic N) is 4. The second kappa shape index (κ2) is 3.55. The largest absolute Gasteiger partial charge is 0.383 e. The highest BCUT2D eigenvalue weighted by atomic mass is 15.3. The van der Waals surface area contributed by atoms with Crippen LogP contribution in [0.3, 0.4) is 0 Å². The molecular weight excluding hydrogens is 240 g/mol. The van der Waals surface area contributed by atoms with Crippen LogP contribution in [0.2, 0.25) is 0 Å². The number of rotatable bonds is 1. The average Bonchev–Trinajstić information content (AvgIpc) is 3.10. The van der Waals surface area contributed by atoms with Crippen LogP contribution in [0.5, 0.6) is 0 Å². The third kappa shape index (κ3) is 1.40. The standard InChI is InChI=1S/C13H10N6/c14-13-10-7-15-18-12(10)9-3-2-8(6-11(9)17-13)19-5-1-4-16-19/h1-7H,(H2,14,17)(H,15,18). The second-order valence-electron chi connectivity index (χ2n) is 4.31. The van der Waals surface area contributed by atoms with Gasteiger partial charge >= 0.3 is 0 Å². The zero-order chi connectivity index (χ0) is 12.8. The van der Waals surface area contributed by atoms with Gasteiger partial charge in [-0.15, -0.1) is 0 Å². The summed E-state index contributed by atoms with van der Waals surface area (Å²) in [6, 6.07) is 7.83. The van der Waals surface area contributed by atoms with Crippen molar-refractivity contribution < 1.29 is 0 Å². The van der Waals surface area contributed by atoms with Crippen LogP contribution in [0.25, 0.3) is 27.5 Å². The van der Waals surface area contributed by atoms with Crippen molar-refractivity contribution in [1.82, 2.24) is 25.0 Å². The van der Waals surface area contributed by atoms with Gasteiger partial charge in [0, 0.05) is 17.8 Å². The summed E-state index contributed by atoms with van der Waals surface area (Å²) < 4.78 is 1.79. The van der Waals surface area contributed by atoms with Gasteiger partial charge in [0.1, 0.15) is 5.82 Å². The summed E-state index contributed by atoms with van der Waals surface area (Å²) in [6.45, 7) is 0. The molecule has 3 heterocycles. The van der Waals surface area contributed by atoms with E-state index in [4.69, 9.17) is 5.73 Å². The Hall–Kier alpha value is -2.89. The molecule has 0 unspecified atom stereocenters. The lowest BCUT2D eigenvalue weighted by Gasteiger charge is -2.05. The van der Waals surface area contributed by atoms with Crippen LogP contribution < -0.4 is 5.73 Å². The van der Waals surface area contributed by atoms with Crippen molar-refractivity contribution in [1.29, 1.82) is 0 Å². The first-order chi connectivity index (χ1) is 9.33. The van der Waals surface area contributed by atoms with Gasteiger partial charge in [-0.05, 0) is 24.3 Å². The molecule has 0 amide bonds. The summed E-state index contributed by atoms with van der Waals surface area (Å²) in [5, 5.41) is 13.0. The Labute approximate surface area is 107 Å². The van der Waals surface area contributed by atoms with Crippen LogP contribution >= 0.6 is 0 Å². The SMILES string of the molecule is Nc1nc2cc(-n3cccn3)ccc2c2[nH]ncc12. The van der Waals surface area contributed by atoms with E-state index in [0.717, 1.165) is 27.5 Å². The van der Waals surface area contributed by atoms with Gasteiger partial charge in [-0.3, -0.25) is 5.10 Å². The molecule has 0 aliphatic carbocycles. The van der Waals surface area contributed by atoms with Gasteiger partial charge in [0.05, 0.1) is 28.3 Å². The lowest BCUT2D eigenvalue weighted by Crippen LogP contribution is -1.96. The normalized spacial score (nSPS) is 11.4. The van der Waals surface area contributed by atoms with Crippen LogP contribution in [0.4, 0.5) is 5.82 Å². The highest BCUT2D eigenvalue weighted by Gasteiger charge is 2.09. The van der Waals surface area contributed by atoms with E-state index in [-0.39, 0.29) is 0 Å². The smallest absolute Gasteiger partial charge is 0.135 e. The Morgan fingerprint density at radius 3 is 3.00 bits per heavy atom. The highest BCUT2D eigenvalue weighted by Crippen LogP contribution is 2.27. The molecule has 0 saturated carbocycles. The summed E-state index contributed by atoms with van der Waals surface area (Å²) in [4.78, 5) is 4.42. The van der Waals surface area contributed by atoms with Crippen LogP contribution in [0.15, 0.2) is 42.9 Å². The van der Waals surface area contributed by atoms with Gasteiger partial charge in [-0.2, -0.15) is 10.2 Å². The van der Waals surface area contributed by atoms with Crippen molar-refractivity contribution in [2.24, 2.45) is 0 Å². The summed E-state index contributed by atoms with van der Waals surface area (Å²) in [6.07, 6.45) is 5.32. The first kappa shape index (κ1) is 10.1. The molecule has 3 aromatic heterocycles. The fraction of sp³-hybridized carbons (Fsp3) is 0. The number of nitrogen functional groups attached to an aromatic ring is 1. The molecule has 0 spiro atoms. The maximum Gasteiger partial charge on any atom is 0.135 e. The number of anilines is 1. The van der Waals surface area contributed by atoms with Crippen molar-refractivity contribution in [3.8, 4) is 5.69 Å². The topological polar surface area (TPSA) is 85.4 Å². The number of fused-ring (bicyclic) bond motifs is 3. The Kier molecular flexibility index (Phi) is 1.88. The van der Waals surface area contributed by atoms with E-state index in [1.807, 2.05) is 30.5 Å².